The molecule has 112 valence electrons. The number of hydrogen-bond acceptors (Lipinski definition) is 5. The maximum atomic E-state index is 11.6. The van der Waals surface area contributed by atoms with Crippen molar-refractivity contribution in [2.24, 2.45) is 5.10 Å². The first-order chi connectivity index (χ1) is 10.7. The molecule has 0 aliphatic heterocycles. The number of carbonyl (C=O) groups excluding carboxylic acids is 2. The molecule has 0 unspecified atom stereocenters. The van der Waals surface area contributed by atoms with Crippen LogP contribution < -0.4 is 10.7 Å². The molecule has 0 saturated carbocycles. The highest BCUT2D eigenvalue weighted by molar-refractivity contribution is 6.35. The minimum absolute atomic E-state index is 0.0279. The van der Waals surface area contributed by atoms with E-state index in [4.69, 9.17) is 0 Å². The summed E-state index contributed by atoms with van der Waals surface area (Å²) in [5.41, 5.74) is 3.15. The summed E-state index contributed by atoms with van der Waals surface area (Å²) in [5, 5.41) is 15.5. The Balaban J connectivity index is 1.82. The van der Waals surface area contributed by atoms with Crippen molar-refractivity contribution in [1.82, 2.24) is 15.7 Å². The Morgan fingerprint density at radius 1 is 1.14 bits per heavy atom. The lowest BCUT2D eigenvalue weighted by Gasteiger charge is -2.03. The number of rotatable bonds is 4. The maximum absolute atomic E-state index is 11.6. The zero-order valence-corrected chi connectivity index (χ0v) is 11.6. The molecule has 2 rings (SSSR count). The molecular weight excluding hydrogens is 284 g/mol. The minimum atomic E-state index is -0.900. The van der Waals surface area contributed by atoms with Crippen LogP contribution in [-0.2, 0) is 16.1 Å². The van der Waals surface area contributed by atoms with Crippen molar-refractivity contribution in [1.29, 1.82) is 0 Å². The molecule has 0 bridgehead atoms. The third-order valence-corrected chi connectivity index (χ3v) is 2.67. The number of phenolic OH excluding ortho intramolecular Hbond substituents is 1. The Labute approximate surface area is 126 Å². The topological polar surface area (TPSA) is 104 Å². The lowest BCUT2D eigenvalue weighted by atomic mass is 10.2. The molecule has 0 spiro atoms. The van der Waals surface area contributed by atoms with E-state index < -0.39 is 11.8 Å². The van der Waals surface area contributed by atoms with Crippen molar-refractivity contribution < 1.29 is 14.7 Å². The third kappa shape index (κ3) is 4.41. The summed E-state index contributed by atoms with van der Waals surface area (Å²) < 4.78 is 0. The Morgan fingerprint density at radius 2 is 1.91 bits per heavy atom. The molecular formula is C15H14N4O3. The lowest BCUT2D eigenvalue weighted by molar-refractivity contribution is -0.139. The molecule has 0 aliphatic rings. The van der Waals surface area contributed by atoms with Crippen LogP contribution in [0.2, 0.25) is 0 Å². The largest absolute Gasteiger partial charge is 0.507 e. The van der Waals surface area contributed by atoms with Gasteiger partial charge in [-0.2, -0.15) is 5.10 Å². The molecule has 0 radical (unpaired) electrons. The molecule has 2 amide bonds. The second kappa shape index (κ2) is 7.53. The average molecular weight is 298 g/mol. The second-order valence-electron chi connectivity index (χ2n) is 4.26. The van der Waals surface area contributed by atoms with Crippen molar-refractivity contribution in [3.63, 3.8) is 0 Å². The zero-order chi connectivity index (χ0) is 15.8. The van der Waals surface area contributed by atoms with Gasteiger partial charge in [0.05, 0.1) is 18.5 Å². The lowest BCUT2D eigenvalue weighted by Crippen LogP contribution is -2.37. The molecule has 22 heavy (non-hydrogen) atoms. The number of amides is 2. The number of carbonyl (C=O) groups is 2. The summed E-state index contributed by atoms with van der Waals surface area (Å²) in [5.74, 6) is -1.69. The number of aromatic hydroxyl groups is 1. The van der Waals surface area contributed by atoms with Crippen LogP contribution >= 0.6 is 0 Å². The normalized spacial score (nSPS) is 10.4. The van der Waals surface area contributed by atoms with Crippen molar-refractivity contribution >= 4 is 18.0 Å². The first kappa shape index (κ1) is 15.2. The van der Waals surface area contributed by atoms with Crippen LogP contribution in [-0.4, -0.2) is 28.1 Å². The van der Waals surface area contributed by atoms with Gasteiger partial charge >= 0.3 is 11.8 Å². The molecule has 2 aromatic rings. The van der Waals surface area contributed by atoms with Crippen LogP contribution in [0.25, 0.3) is 0 Å². The quantitative estimate of drug-likeness (QED) is 0.435. The number of hydrogen-bond donors (Lipinski definition) is 3. The van der Waals surface area contributed by atoms with Gasteiger partial charge in [0.25, 0.3) is 0 Å². The average Bonchev–Trinajstić information content (AvgIpc) is 2.55. The number of aromatic nitrogens is 1. The molecule has 0 fully saturated rings. The Morgan fingerprint density at radius 3 is 2.64 bits per heavy atom. The van der Waals surface area contributed by atoms with Gasteiger partial charge in [-0.1, -0.05) is 18.2 Å². The third-order valence-electron chi connectivity index (χ3n) is 2.67. The summed E-state index contributed by atoms with van der Waals surface area (Å²) in [6.45, 7) is 0.149. The van der Waals surface area contributed by atoms with Gasteiger partial charge in [0, 0.05) is 11.8 Å². The zero-order valence-electron chi connectivity index (χ0n) is 11.6. The van der Waals surface area contributed by atoms with E-state index in [1.165, 1.54) is 12.3 Å². The van der Waals surface area contributed by atoms with Gasteiger partial charge in [-0.05, 0) is 24.3 Å². The van der Waals surface area contributed by atoms with E-state index in [2.05, 4.69) is 20.8 Å². The second-order valence-corrected chi connectivity index (χ2v) is 4.26. The van der Waals surface area contributed by atoms with Crippen LogP contribution in [0.3, 0.4) is 0 Å². The van der Waals surface area contributed by atoms with E-state index in [0.717, 1.165) is 0 Å². The maximum Gasteiger partial charge on any atom is 0.329 e. The van der Waals surface area contributed by atoms with E-state index in [1.54, 1.807) is 42.6 Å². The fraction of sp³-hybridized carbons (Fsp3) is 0.0667. The van der Waals surface area contributed by atoms with E-state index in [9.17, 15) is 14.7 Å². The number of nitrogens with one attached hydrogen (secondary N) is 2. The molecule has 1 aromatic carbocycles. The first-order valence-electron chi connectivity index (χ1n) is 6.46. The summed E-state index contributed by atoms with van der Waals surface area (Å²) in [6.07, 6.45) is 2.84. The van der Waals surface area contributed by atoms with E-state index in [0.29, 0.717) is 11.3 Å². The molecule has 3 N–H and O–H groups in total. The summed E-state index contributed by atoms with van der Waals surface area (Å²) in [4.78, 5) is 27.1. The van der Waals surface area contributed by atoms with Crippen molar-refractivity contribution in [2.45, 2.75) is 6.54 Å². The molecule has 0 saturated heterocycles. The molecule has 1 heterocycles. The first-order valence-corrected chi connectivity index (χ1v) is 6.46. The number of para-hydroxylation sites is 1. The van der Waals surface area contributed by atoms with Crippen LogP contribution in [0.1, 0.15) is 11.3 Å². The van der Waals surface area contributed by atoms with E-state index in [-0.39, 0.29) is 12.3 Å². The SMILES string of the molecule is O=C(NCc1ccccn1)C(=O)N/N=C/c1ccccc1O. The summed E-state index contributed by atoms with van der Waals surface area (Å²) >= 11 is 0. The van der Waals surface area contributed by atoms with Crippen molar-refractivity contribution in [3.8, 4) is 5.75 Å². The minimum Gasteiger partial charge on any atom is -0.507 e. The number of benzene rings is 1. The standard InChI is InChI=1S/C15H14N4O3/c20-13-7-2-1-5-11(13)9-18-19-15(22)14(21)17-10-12-6-3-4-8-16-12/h1-9,20H,10H2,(H,17,21)(H,19,22)/b18-9+. The van der Waals surface area contributed by atoms with Crippen molar-refractivity contribution in [3.05, 3.63) is 59.9 Å². The summed E-state index contributed by atoms with van der Waals surface area (Å²) in [6, 6.07) is 11.7. The van der Waals surface area contributed by atoms with Gasteiger partial charge in [0.2, 0.25) is 0 Å². The van der Waals surface area contributed by atoms with Crippen LogP contribution in [0, 0.1) is 0 Å². The van der Waals surface area contributed by atoms with Crippen molar-refractivity contribution in [2.75, 3.05) is 0 Å². The molecule has 7 heteroatoms. The number of phenols is 1. The van der Waals surface area contributed by atoms with Crippen LogP contribution in [0.4, 0.5) is 0 Å². The molecule has 7 nitrogen and oxygen atoms in total. The highest BCUT2D eigenvalue weighted by Crippen LogP contribution is 2.12. The van der Waals surface area contributed by atoms with Gasteiger partial charge in [0.15, 0.2) is 0 Å². The predicted octanol–water partition coefficient (Wildman–Crippen LogP) is 0.554. The van der Waals surface area contributed by atoms with Gasteiger partial charge < -0.3 is 10.4 Å². The van der Waals surface area contributed by atoms with Gasteiger partial charge in [0.1, 0.15) is 5.75 Å². The highest BCUT2D eigenvalue weighted by Gasteiger charge is 2.12. The molecule has 1 aromatic heterocycles. The smallest absolute Gasteiger partial charge is 0.329 e. The van der Waals surface area contributed by atoms with Gasteiger partial charge in [-0.3, -0.25) is 14.6 Å². The van der Waals surface area contributed by atoms with Gasteiger partial charge in [-0.25, -0.2) is 5.43 Å². The molecule has 0 aliphatic carbocycles. The Kier molecular flexibility index (Phi) is 5.20. The number of pyridine rings is 1. The van der Waals surface area contributed by atoms with E-state index >= 15 is 0 Å². The Hall–Kier alpha value is -3.22. The van der Waals surface area contributed by atoms with Crippen LogP contribution in [0.5, 0.6) is 5.75 Å². The molecule has 0 atom stereocenters. The number of nitrogens with zero attached hydrogens (tertiary/aromatic N) is 2. The Bertz CT molecular complexity index is 686. The monoisotopic (exact) mass is 298 g/mol. The fourth-order valence-electron chi connectivity index (χ4n) is 1.56. The summed E-state index contributed by atoms with van der Waals surface area (Å²) in [7, 11) is 0. The van der Waals surface area contributed by atoms with Crippen LogP contribution in [0.15, 0.2) is 53.8 Å². The fourth-order valence-corrected chi connectivity index (χ4v) is 1.56. The predicted molar refractivity (Wildman–Crippen MR) is 79.9 cm³/mol. The van der Waals surface area contributed by atoms with Gasteiger partial charge in [-0.15, -0.1) is 0 Å². The number of hydrazone groups is 1. The highest BCUT2D eigenvalue weighted by atomic mass is 16.3. The van der Waals surface area contributed by atoms with E-state index in [1.807, 2.05) is 0 Å².